The Bertz CT molecular complexity index is 7680. The molecule has 2 aromatic heterocycles. The molecule has 0 amide bonds. The summed E-state index contributed by atoms with van der Waals surface area (Å²) < 4.78 is 87.8. The Morgan fingerprint density at radius 1 is 0.285 bits per heavy atom. The van der Waals surface area contributed by atoms with Crippen LogP contribution in [0.2, 0.25) is 0 Å². The first-order valence-electron chi connectivity index (χ1n) is 45.1. The van der Waals surface area contributed by atoms with Crippen LogP contribution in [0.1, 0.15) is 58.3 Å². The van der Waals surface area contributed by atoms with Gasteiger partial charge in [0.2, 0.25) is 0 Å². The largest absolute Gasteiger partial charge is 0.457 e. The van der Waals surface area contributed by atoms with E-state index in [1.165, 1.54) is 0 Å². The molecule has 0 spiro atoms. The van der Waals surface area contributed by atoms with E-state index in [0.29, 0.717) is 73.7 Å². The van der Waals surface area contributed by atoms with Crippen LogP contribution < -0.4 is 92.0 Å². The highest BCUT2D eigenvalue weighted by Crippen LogP contribution is 2.56. The Morgan fingerprint density at radius 3 is 0.984 bits per heavy atom. The second kappa shape index (κ2) is 28.0. The van der Waals surface area contributed by atoms with E-state index in [1.54, 1.807) is 22.7 Å². The molecule has 6 aliphatic rings. The first kappa shape index (κ1) is 66.6. The summed E-state index contributed by atoms with van der Waals surface area (Å²) in [6, 6.07) is 101. The molecule has 0 saturated carbocycles. The summed E-state index contributed by atoms with van der Waals surface area (Å²) in [4.78, 5) is 13.3. The lowest BCUT2D eigenvalue weighted by Crippen LogP contribution is -2.65. The summed E-state index contributed by atoms with van der Waals surface area (Å²) in [6.45, 7) is 17.5. The van der Waals surface area contributed by atoms with Crippen molar-refractivity contribution in [2.24, 2.45) is 0 Å². The zero-order valence-corrected chi connectivity index (χ0v) is 70.9. The normalized spacial score (nSPS) is 13.9. The molecule has 8 heterocycles. The highest BCUT2D eigenvalue weighted by Gasteiger charge is 2.52. The average Bonchev–Trinajstić information content (AvgIpc) is 1.29. The van der Waals surface area contributed by atoms with Crippen LogP contribution in [0.3, 0.4) is 0 Å². The number of thiophene rings is 2. The predicted octanol–water partition coefficient (Wildman–Crippen LogP) is 24.5. The first-order chi connectivity index (χ1) is 62.8. The van der Waals surface area contributed by atoms with Gasteiger partial charge in [-0.05, 0) is 267 Å². The molecule has 586 valence electrons. The van der Waals surface area contributed by atoms with Crippen molar-refractivity contribution in [3.05, 3.63) is 378 Å². The molecule has 1 N–H and O–H groups in total. The van der Waals surface area contributed by atoms with Gasteiger partial charge in [-0.2, -0.15) is 0 Å². The van der Waals surface area contributed by atoms with E-state index in [-0.39, 0.29) is 36.3 Å². The summed E-state index contributed by atoms with van der Waals surface area (Å²) in [5.41, 5.74) is 28.8. The minimum atomic E-state index is -0.789. The van der Waals surface area contributed by atoms with E-state index >= 15 is 0 Å². The minimum absolute atomic E-state index is 0.0741. The van der Waals surface area contributed by atoms with Crippen molar-refractivity contribution in [3.63, 3.8) is 0 Å². The fourth-order valence-corrected chi connectivity index (χ4v) is 23.5. The molecule has 16 aromatic carbocycles. The number of benzene rings is 16. The van der Waals surface area contributed by atoms with Gasteiger partial charge in [-0.25, -0.2) is 0 Å². The second-order valence-electron chi connectivity index (χ2n) is 33.6. The summed E-state index contributed by atoms with van der Waals surface area (Å²) in [6.07, 6.45) is 0. The third kappa shape index (κ3) is 11.2. The number of nitrogens with zero attached hydrogens (tertiary/aromatic N) is 6. The molecule has 0 aliphatic carbocycles. The number of fused-ring (bicyclic) bond motifs is 16. The van der Waals surface area contributed by atoms with Crippen LogP contribution in [0.25, 0.3) is 20.2 Å². The molecule has 0 atom stereocenters. The van der Waals surface area contributed by atoms with Crippen LogP contribution in [0.15, 0.2) is 327 Å². The molecule has 18 aromatic rings. The van der Waals surface area contributed by atoms with Crippen LogP contribution in [-0.2, 0) is 0 Å². The lowest BCUT2D eigenvalue weighted by atomic mass is 9.30. The van der Waals surface area contributed by atoms with E-state index in [9.17, 15) is 8.22 Å². The molecule has 24 rings (SSSR count). The van der Waals surface area contributed by atoms with E-state index in [4.69, 9.17) is 9.47 Å². The zero-order valence-electron chi connectivity index (χ0n) is 75.3. The van der Waals surface area contributed by atoms with Gasteiger partial charge >= 0.3 is 0 Å². The second-order valence-corrected chi connectivity index (χ2v) is 35.7. The Hall–Kier alpha value is -14.2. The monoisotopic (exact) mass is 1620 g/mol. The fraction of sp³-hybridized carbons (Fsp3) is 0.0826. The Balaban J connectivity index is 0.877. The third-order valence-electron chi connectivity index (χ3n) is 25.5. The Morgan fingerprint density at radius 2 is 0.593 bits per heavy atom. The van der Waals surface area contributed by atoms with Crippen molar-refractivity contribution in [2.75, 3.05) is 34.7 Å². The van der Waals surface area contributed by atoms with Crippen molar-refractivity contribution in [1.82, 2.24) is 0 Å². The van der Waals surface area contributed by atoms with Gasteiger partial charge in [0, 0.05) is 121 Å². The molecule has 0 unspecified atom stereocenters. The molecule has 0 bridgehead atoms. The van der Waals surface area contributed by atoms with Gasteiger partial charge in [0.05, 0.1) is 42.3 Å². The average molecular weight is 1620 g/mol. The molecular formula is C109H82B3N7O2S2. The maximum absolute atomic E-state index is 12.1. The number of hydrogen-bond acceptors (Lipinski definition) is 11. The Labute approximate surface area is 734 Å². The van der Waals surface area contributed by atoms with Gasteiger partial charge in [-0.3, -0.25) is 0 Å². The highest BCUT2D eigenvalue weighted by molar-refractivity contribution is 7.34. The number of anilines is 20. The quantitative estimate of drug-likeness (QED) is 0.121. The third-order valence-corrected chi connectivity index (χ3v) is 27.9. The topological polar surface area (TPSA) is 49.9 Å². The maximum Gasteiger partial charge on any atom is 0.268 e. The molecule has 6 aliphatic heterocycles. The summed E-state index contributed by atoms with van der Waals surface area (Å²) >= 11 is 3.37. The summed E-state index contributed by atoms with van der Waals surface area (Å²) in [5, 5.41) is 5.91. The van der Waals surface area contributed by atoms with Gasteiger partial charge < -0.3 is 44.2 Å². The predicted molar refractivity (Wildman–Crippen MR) is 525 cm³/mol. The van der Waals surface area contributed by atoms with Gasteiger partial charge in [-0.1, -0.05) is 199 Å². The summed E-state index contributed by atoms with van der Waals surface area (Å²) in [5.74, 6) is 2.05. The van der Waals surface area contributed by atoms with Crippen molar-refractivity contribution in [3.8, 4) is 23.0 Å². The Kier molecular flexibility index (Phi) is 15.1. The number of nitrogens with one attached hydrogen (secondary N) is 1. The molecular weight excluding hydrogens is 1540 g/mol. The van der Waals surface area contributed by atoms with E-state index < -0.39 is 20.1 Å². The van der Waals surface area contributed by atoms with Crippen LogP contribution in [-0.4, -0.2) is 20.1 Å². The van der Waals surface area contributed by atoms with Crippen LogP contribution in [0.5, 0.6) is 23.0 Å². The lowest BCUT2D eigenvalue weighted by molar-refractivity contribution is 0.494. The number of ether oxygens (including phenoxy) is 2. The van der Waals surface area contributed by atoms with Crippen molar-refractivity contribution < 1.29 is 17.7 Å². The van der Waals surface area contributed by atoms with Crippen LogP contribution in [0, 0.1) is 62.3 Å². The van der Waals surface area contributed by atoms with Crippen LogP contribution in [0.4, 0.5) is 114 Å². The standard InChI is InChI=1S/C109H82B3N7O2S2/c1-64-48-67(4)103(68(5)49-64)117-90-62-88-84(111-100-89(113-88)54-79(114(73-32-16-10-17-33-73)74-34-18-11-19-35-74)58-96(100)120-106-82-44-28-30-46-98(82)122-108(106)111)60-85(90)110-86-61-87-92(63-91(86)118(104-69(6)50-65(2)51-70(104)7)94-56-80(55-93(117)101(94)110)115(75-36-20-12-21-37-75)76-38-22-13-23-39-76)119(105-71(8)52-66(3)53-72(105)9)95-57-81(116(77-40-24-14-25-41-77)78-42-26-15-27-43-78)59-97-102(95)112(87)109-107(121-97)83-45-29-31-47-99(83)123-109/h10-63,113H,1-9H3/i54D,55D,56D,57D,58D,59D. The number of aryl methyl sites for hydroxylation is 9. The molecule has 0 saturated heterocycles. The van der Waals surface area contributed by atoms with Crippen molar-refractivity contribution in [1.29, 1.82) is 0 Å². The fourth-order valence-electron chi connectivity index (χ4n) is 21.0. The van der Waals surface area contributed by atoms with Crippen molar-refractivity contribution in [2.45, 2.75) is 62.3 Å². The van der Waals surface area contributed by atoms with E-state index in [1.807, 2.05) is 163 Å². The summed E-state index contributed by atoms with van der Waals surface area (Å²) in [7, 11) is 0. The zero-order chi connectivity index (χ0) is 87.7. The number of hydrogen-bond donors (Lipinski definition) is 1. The van der Waals surface area contributed by atoms with E-state index in [2.05, 4.69) is 226 Å². The van der Waals surface area contributed by atoms with Gasteiger partial charge in [0.25, 0.3) is 20.1 Å². The first-order valence-corrected chi connectivity index (χ1v) is 43.8. The van der Waals surface area contributed by atoms with E-state index in [0.717, 1.165) is 181 Å². The molecule has 14 heteroatoms. The SMILES string of the molecule is [2H]c1c2c3c(c([2H])c1N(c1ccccc1)c1ccccc1)Oc1c(sc4ccccc14)B3c1cc3c(cc1N2)N(c1c(C)cc(C)cc1C)c1c([2H])c(N(c2ccccc2)c2ccccc2)c([2H])c2c1B3c1cc3c(cc1N2c1c(C)cc(C)cc1C)N(c1c(C)cc(C)cc1C)c1c([2H])c(N(c2ccccc2)c2ccccc2)c([2H])c2c1B3c1sc3ccccc3c1O2. The van der Waals surface area contributed by atoms with Crippen LogP contribution >= 0.6 is 22.7 Å². The smallest absolute Gasteiger partial charge is 0.268 e. The minimum Gasteiger partial charge on any atom is -0.457 e. The highest BCUT2D eigenvalue weighted by atomic mass is 32.1. The molecule has 123 heavy (non-hydrogen) atoms. The van der Waals surface area contributed by atoms with Gasteiger partial charge in [-0.15, -0.1) is 22.7 Å². The number of para-hydroxylation sites is 6. The van der Waals surface area contributed by atoms with Gasteiger partial charge in [0.1, 0.15) is 23.0 Å². The van der Waals surface area contributed by atoms with Crippen molar-refractivity contribution >= 4 is 225 Å². The lowest BCUT2D eigenvalue weighted by Gasteiger charge is -2.48. The molecule has 9 nitrogen and oxygen atoms in total. The molecule has 0 fully saturated rings. The maximum atomic E-state index is 12.1. The van der Waals surface area contributed by atoms with Gasteiger partial charge in [0.15, 0.2) is 0 Å². The molecule has 0 radical (unpaired) electrons. The number of rotatable bonds is 12.